The maximum Gasteiger partial charge on any atom is 0.118 e. The third-order valence-electron chi connectivity index (χ3n) is 4.25. The Hall–Kier alpha value is -1.06. The molecule has 2 rings (SSSR count). The summed E-state index contributed by atoms with van der Waals surface area (Å²) in [7, 11) is 5.83. The maximum absolute atomic E-state index is 10.6. The molecule has 0 saturated heterocycles. The average Bonchev–Trinajstić information content (AvgIpc) is 2.41. The largest absolute Gasteiger partial charge is 0.497 e. The summed E-state index contributed by atoms with van der Waals surface area (Å²) in [6.45, 7) is 0.889. The third kappa shape index (κ3) is 2.93. The second kappa shape index (κ2) is 5.93. The van der Waals surface area contributed by atoms with Crippen LogP contribution < -0.4 is 4.74 Å². The summed E-state index contributed by atoms with van der Waals surface area (Å²) in [5.74, 6) is 0.869. The van der Waals surface area contributed by atoms with E-state index >= 15 is 0 Å². The summed E-state index contributed by atoms with van der Waals surface area (Å²) < 4.78 is 5.22. The van der Waals surface area contributed by atoms with Gasteiger partial charge in [0.2, 0.25) is 0 Å². The zero-order valence-electron chi connectivity index (χ0n) is 12.2. The molecule has 1 fully saturated rings. The smallest absolute Gasteiger partial charge is 0.118 e. The lowest BCUT2D eigenvalue weighted by Crippen LogP contribution is -2.49. The van der Waals surface area contributed by atoms with Crippen LogP contribution >= 0.6 is 0 Å². The van der Waals surface area contributed by atoms with Gasteiger partial charge in [-0.05, 0) is 44.6 Å². The molecule has 0 aromatic heterocycles. The number of nitrogens with zero attached hydrogens (tertiary/aromatic N) is 1. The van der Waals surface area contributed by atoms with Crippen LogP contribution in [-0.4, -0.2) is 43.9 Å². The van der Waals surface area contributed by atoms with Crippen LogP contribution in [0.2, 0.25) is 0 Å². The van der Waals surface area contributed by atoms with Gasteiger partial charge in [0.1, 0.15) is 5.75 Å². The second-order valence-electron chi connectivity index (χ2n) is 5.88. The molecule has 0 radical (unpaired) electrons. The molecule has 1 aromatic rings. The van der Waals surface area contributed by atoms with Crippen molar-refractivity contribution >= 4 is 0 Å². The van der Waals surface area contributed by atoms with Crippen LogP contribution in [-0.2, 0) is 5.41 Å². The van der Waals surface area contributed by atoms with Gasteiger partial charge in [-0.15, -0.1) is 0 Å². The van der Waals surface area contributed by atoms with Gasteiger partial charge in [-0.3, -0.25) is 0 Å². The number of ether oxygens (including phenoxy) is 1. The summed E-state index contributed by atoms with van der Waals surface area (Å²) in [5.41, 5.74) is 1.10. The fraction of sp³-hybridized carbons (Fsp3) is 0.625. The van der Waals surface area contributed by atoms with Gasteiger partial charge in [-0.2, -0.15) is 0 Å². The molecular formula is C16H25NO2. The summed E-state index contributed by atoms with van der Waals surface area (Å²) in [5, 5.41) is 10.6. The Bertz CT molecular complexity index is 402. The minimum absolute atomic E-state index is 0.131. The average molecular weight is 263 g/mol. The van der Waals surface area contributed by atoms with E-state index < -0.39 is 0 Å². The number of aliphatic hydroxyl groups excluding tert-OH is 1. The Morgan fingerprint density at radius 3 is 2.47 bits per heavy atom. The molecule has 0 bridgehead atoms. The van der Waals surface area contributed by atoms with Crippen molar-refractivity contribution in [2.75, 3.05) is 27.7 Å². The van der Waals surface area contributed by atoms with Gasteiger partial charge < -0.3 is 14.7 Å². The molecule has 3 heteroatoms. The minimum atomic E-state index is -0.253. The van der Waals surface area contributed by atoms with Crippen molar-refractivity contribution in [1.29, 1.82) is 0 Å². The number of benzene rings is 1. The van der Waals surface area contributed by atoms with E-state index in [0.29, 0.717) is 0 Å². The molecule has 1 aliphatic rings. The highest BCUT2D eigenvalue weighted by atomic mass is 16.5. The zero-order valence-corrected chi connectivity index (χ0v) is 12.2. The van der Waals surface area contributed by atoms with Crippen LogP contribution in [0.25, 0.3) is 0 Å². The van der Waals surface area contributed by atoms with Crippen molar-refractivity contribution in [1.82, 2.24) is 4.90 Å². The van der Waals surface area contributed by atoms with Crippen molar-refractivity contribution in [3.8, 4) is 5.75 Å². The predicted octanol–water partition coefficient (Wildman–Crippen LogP) is 2.43. The molecule has 1 N–H and O–H groups in total. The number of aliphatic hydroxyl groups is 1. The van der Waals surface area contributed by atoms with Crippen LogP contribution in [0.15, 0.2) is 24.3 Å². The first-order valence-corrected chi connectivity index (χ1v) is 7.06. The highest BCUT2D eigenvalue weighted by molar-refractivity contribution is 5.34. The molecule has 1 aliphatic carbocycles. The molecule has 0 unspecified atom stereocenters. The molecule has 0 spiro atoms. The normalized spacial score (nSPS) is 27.5. The van der Waals surface area contributed by atoms with Crippen molar-refractivity contribution in [2.24, 2.45) is 0 Å². The molecule has 106 valence electrons. The number of likely N-dealkylation sites (N-methyl/N-ethyl adjacent to an activating group) is 1. The third-order valence-corrected chi connectivity index (χ3v) is 4.25. The Morgan fingerprint density at radius 2 is 1.95 bits per heavy atom. The highest BCUT2D eigenvalue weighted by Gasteiger charge is 2.41. The lowest BCUT2D eigenvalue weighted by molar-refractivity contribution is 0.0264. The van der Waals surface area contributed by atoms with E-state index in [4.69, 9.17) is 4.74 Å². The first-order chi connectivity index (χ1) is 9.08. The van der Waals surface area contributed by atoms with Crippen LogP contribution in [0.3, 0.4) is 0 Å². The van der Waals surface area contributed by atoms with E-state index in [1.807, 2.05) is 12.1 Å². The summed E-state index contributed by atoms with van der Waals surface area (Å²) in [6, 6.07) is 8.20. The van der Waals surface area contributed by atoms with E-state index in [1.54, 1.807) is 7.11 Å². The Kier molecular flexibility index (Phi) is 4.48. The molecule has 0 heterocycles. The van der Waals surface area contributed by atoms with Gasteiger partial charge in [0.25, 0.3) is 0 Å². The first-order valence-electron chi connectivity index (χ1n) is 7.06. The van der Waals surface area contributed by atoms with Gasteiger partial charge >= 0.3 is 0 Å². The SMILES string of the molecule is COc1ccc([C@]2(CN(C)C)CCCC[C@@H]2O)cc1. The first kappa shape index (κ1) is 14.4. The van der Waals surface area contributed by atoms with E-state index in [9.17, 15) is 5.11 Å². The highest BCUT2D eigenvalue weighted by Crippen LogP contribution is 2.40. The number of hydrogen-bond acceptors (Lipinski definition) is 3. The molecule has 1 saturated carbocycles. The minimum Gasteiger partial charge on any atom is -0.497 e. The lowest BCUT2D eigenvalue weighted by atomic mass is 9.67. The summed E-state index contributed by atoms with van der Waals surface area (Å²) in [4.78, 5) is 2.18. The molecule has 19 heavy (non-hydrogen) atoms. The van der Waals surface area contributed by atoms with Gasteiger partial charge in [0.05, 0.1) is 13.2 Å². The van der Waals surface area contributed by atoms with Crippen molar-refractivity contribution in [2.45, 2.75) is 37.2 Å². The van der Waals surface area contributed by atoms with Gasteiger partial charge in [0.15, 0.2) is 0 Å². The van der Waals surface area contributed by atoms with Gasteiger partial charge in [-0.25, -0.2) is 0 Å². The van der Waals surface area contributed by atoms with Crippen molar-refractivity contribution in [3.05, 3.63) is 29.8 Å². The van der Waals surface area contributed by atoms with E-state index in [1.165, 1.54) is 12.0 Å². The molecule has 1 aromatic carbocycles. The summed E-state index contributed by atoms with van der Waals surface area (Å²) in [6.07, 6.45) is 4.03. The monoisotopic (exact) mass is 263 g/mol. The number of hydrogen-bond donors (Lipinski definition) is 1. The van der Waals surface area contributed by atoms with Crippen LogP contribution in [0.5, 0.6) is 5.75 Å². The van der Waals surface area contributed by atoms with Gasteiger partial charge in [-0.1, -0.05) is 25.0 Å². The lowest BCUT2D eigenvalue weighted by Gasteiger charge is -2.43. The maximum atomic E-state index is 10.6. The number of methoxy groups -OCH3 is 1. The second-order valence-corrected chi connectivity index (χ2v) is 5.88. The standard InChI is InChI=1S/C16H25NO2/c1-17(2)12-16(11-5-4-6-15(16)18)13-7-9-14(19-3)10-8-13/h7-10,15,18H,4-6,11-12H2,1-3H3/t15-,16+/m0/s1. The van der Waals surface area contributed by atoms with E-state index in [0.717, 1.165) is 31.6 Å². The Morgan fingerprint density at radius 1 is 1.26 bits per heavy atom. The zero-order chi connectivity index (χ0) is 13.9. The fourth-order valence-corrected chi connectivity index (χ4v) is 3.32. The van der Waals surface area contributed by atoms with Crippen molar-refractivity contribution < 1.29 is 9.84 Å². The van der Waals surface area contributed by atoms with Crippen LogP contribution in [0.1, 0.15) is 31.2 Å². The Labute approximate surface area is 116 Å². The quantitative estimate of drug-likeness (QED) is 0.905. The Balaban J connectivity index is 2.34. The van der Waals surface area contributed by atoms with E-state index in [-0.39, 0.29) is 11.5 Å². The molecule has 0 aliphatic heterocycles. The molecule has 0 amide bonds. The topological polar surface area (TPSA) is 32.7 Å². The number of rotatable bonds is 4. The fourth-order valence-electron chi connectivity index (χ4n) is 3.32. The van der Waals surface area contributed by atoms with E-state index in [2.05, 4.69) is 31.1 Å². The predicted molar refractivity (Wildman–Crippen MR) is 77.7 cm³/mol. The summed E-state index contributed by atoms with van der Waals surface area (Å²) >= 11 is 0. The molecule has 2 atom stereocenters. The van der Waals surface area contributed by atoms with Crippen molar-refractivity contribution in [3.63, 3.8) is 0 Å². The molecule has 3 nitrogen and oxygen atoms in total. The van der Waals surface area contributed by atoms with Crippen LogP contribution in [0.4, 0.5) is 0 Å². The molecular weight excluding hydrogens is 238 g/mol. The van der Waals surface area contributed by atoms with Crippen LogP contribution in [0, 0.1) is 0 Å². The van der Waals surface area contributed by atoms with Gasteiger partial charge in [0, 0.05) is 12.0 Å².